The first kappa shape index (κ1) is 17.2. The Morgan fingerprint density at radius 3 is 2.16 bits per heavy atom. The highest BCUT2D eigenvalue weighted by atomic mass is 32.1. The lowest BCUT2D eigenvalue weighted by molar-refractivity contribution is -0.125. The Labute approximate surface area is 153 Å². The zero-order valence-electron chi connectivity index (χ0n) is 14.6. The van der Waals surface area contributed by atoms with Gasteiger partial charge in [-0.25, -0.2) is 0 Å². The van der Waals surface area contributed by atoms with Crippen molar-refractivity contribution in [2.45, 2.75) is 13.0 Å². The minimum atomic E-state index is -0.261. The summed E-state index contributed by atoms with van der Waals surface area (Å²) in [6.07, 6.45) is 0. The SMILES string of the molecule is CC1=C(C(=O)N(C)C)[C@H](c2ccccc2)NC(=S)N1c1ccccc1. The first-order valence-corrected chi connectivity index (χ1v) is 8.54. The fraction of sp³-hybridized carbons (Fsp3) is 0.200. The molecule has 0 radical (unpaired) electrons. The van der Waals surface area contributed by atoms with E-state index in [0.29, 0.717) is 10.7 Å². The van der Waals surface area contributed by atoms with Gasteiger partial charge in [-0.15, -0.1) is 0 Å². The predicted molar refractivity (Wildman–Crippen MR) is 105 cm³/mol. The van der Waals surface area contributed by atoms with Gasteiger partial charge in [-0.05, 0) is 36.8 Å². The number of anilines is 1. The summed E-state index contributed by atoms with van der Waals surface area (Å²) < 4.78 is 0. The van der Waals surface area contributed by atoms with Crippen LogP contribution in [0.1, 0.15) is 18.5 Å². The van der Waals surface area contributed by atoms with Crippen molar-refractivity contribution in [3.05, 3.63) is 77.5 Å². The Bertz CT molecular complexity index is 815. The summed E-state index contributed by atoms with van der Waals surface area (Å²) in [5.74, 6) is -0.0257. The van der Waals surface area contributed by atoms with Crippen molar-refractivity contribution in [1.82, 2.24) is 10.2 Å². The molecule has 1 aliphatic heterocycles. The van der Waals surface area contributed by atoms with E-state index in [1.165, 1.54) is 0 Å². The van der Waals surface area contributed by atoms with Gasteiger partial charge in [-0.3, -0.25) is 9.69 Å². The van der Waals surface area contributed by atoms with Crippen molar-refractivity contribution in [1.29, 1.82) is 0 Å². The van der Waals surface area contributed by atoms with Crippen LogP contribution in [0.2, 0.25) is 0 Å². The molecule has 0 unspecified atom stereocenters. The van der Waals surface area contributed by atoms with Crippen molar-refractivity contribution >= 4 is 28.9 Å². The van der Waals surface area contributed by atoms with Crippen molar-refractivity contribution in [2.24, 2.45) is 0 Å². The van der Waals surface area contributed by atoms with E-state index in [1.54, 1.807) is 19.0 Å². The number of hydrogen-bond acceptors (Lipinski definition) is 2. The maximum Gasteiger partial charge on any atom is 0.253 e. The van der Waals surface area contributed by atoms with Crippen LogP contribution in [0.5, 0.6) is 0 Å². The number of rotatable bonds is 3. The number of benzene rings is 2. The Morgan fingerprint density at radius 1 is 1.04 bits per heavy atom. The summed E-state index contributed by atoms with van der Waals surface area (Å²) in [5.41, 5.74) is 3.51. The number of carbonyl (C=O) groups is 1. The second kappa shape index (κ2) is 7.07. The van der Waals surface area contributed by atoms with Gasteiger partial charge in [0.1, 0.15) is 0 Å². The van der Waals surface area contributed by atoms with Crippen molar-refractivity contribution in [3.63, 3.8) is 0 Å². The summed E-state index contributed by atoms with van der Waals surface area (Å²) in [6.45, 7) is 1.95. The van der Waals surface area contributed by atoms with Crippen LogP contribution in [0.4, 0.5) is 5.69 Å². The zero-order valence-corrected chi connectivity index (χ0v) is 15.4. The number of hydrogen-bond donors (Lipinski definition) is 1. The lowest BCUT2D eigenvalue weighted by Crippen LogP contribution is -2.49. The first-order valence-electron chi connectivity index (χ1n) is 8.13. The minimum Gasteiger partial charge on any atom is -0.351 e. The van der Waals surface area contributed by atoms with Crippen LogP contribution in [0, 0.1) is 0 Å². The van der Waals surface area contributed by atoms with Crippen LogP contribution < -0.4 is 10.2 Å². The fourth-order valence-electron chi connectivity index (χ4n) is 3.04. The number of thiocarbonyl (C=S) groups is 1. The van der Waals surface area contributed by atoms with Gasteiger partial charge in [0.25, 0.3) is 5.91 Å². The molecule has 0 aliphatic carbocycles. The average molecular weight is 351 g/mol. The quantitative estimate of drug-likeness (QED) is 0.859. The maximum absolute atomic E-state index is 12.9. The smallest absolute Gasteiger partial charge is 0.253 e. The monoisotopic (exact) mass is 351 g/mol. The highest BCUT2D eigenvalue weighted by Gasteiger charge is 2.35. The van der Waals surface area contributed by atoms with E-state index in [1.807, 2.05) is 72.5 Å². The highest BCUT2D eigenvalue weighted by molar-refractivity contribution is 7.80. The molecule has 0 spiro atoms. The van der Waals surface area contributed by atoms with Gasteiger partial charge in [0, 0.05) is 25.5 Å². The van der Waals surface area contributed by atoms with Gasteiger partial charge in [-0.2, -0.15) is 0 Å². The molecule has 2 aromatic rings. The Kier molecular flexibility index (Phi) is 4.86. The number of amides is 1. The number of nitrogens with one attached hydrogen (secondary N) is 1. The molecule has 2 aromatic carbocycles. The van der Waals surface area contributed by atoms with E-state index in [0.717, 1.165) is 16.9 Å². The molecule has 25 heavy (non-hydrogen) atoms. The fourth-order valence-corrected chi connectivity index (χ4v) is 3.40. The van der Waals surface area contributed by atoms with Crippen LogP contribution in [0.15, 0.2) is 71.9 Å². The number of likely N-dealkylation sites (N-methyl/N-ethyl adjacent to an activating group) is 1. The third-order valence-electron chi connectivity index (χ3n) is 4.27. The molecular formula is C20H21N3OS. The molecule has 128 valence electrons. The Hall–Kier alpha value is -2.66. The van der Waals surface area contributed by atoms with Gasteiger partial charge >= 0.3 is 0 Å². The molecule has 0 aromatic heterocycles. The van der Waals surface area contributed by atoms with E-state index in [4.69, 9.17) is 12.2 Å². The molecule has 1 atom stereocenters. The molecule has 1 aliphatic rings. The third kappa shape index (κ3) is 3.28. The third-order valence-corrected chi connectivity index (χ3v) is 4.57. The largest absolute Gasteiger partial charge is 0.351 e. The van der Waals surface area contributed by atoms with Crippen LogP contribution in [-0.2, 0) is 4.79 Å². The van der Waals surface area contributed by atoms with Crippen LogP contribution in [-0.4, -0.2) is 30.0 Å². The number of para-hydroxylation sites is 1. The molecule has 3 rings (SSSR count). The van der Waals surface area contributed by atoms with Gasteiger partial charge in [-0.1, -0.05) is 48.5 Å². The van der Waals surface area contributed by atoms with Crippen LogP contribution in [0.3, 0.4) is 0 Å². The normalized spacial score (nSPS) is 17.3. The summed E-state index contributed by atoms with van der Waals surface area (Å²) >= 11 is 5.62. The van der Waals surface area contributed by atoms with Crippen LogP contribution >= 0.6 is 12.2 Å². The molecule has 5 heteroatoms. The predicted octanol–water partition coefficient (Wildman–Crippen LogP) is 3.48. The zero-order chi connectivity index (χ0) is 18.0. The summed E-state index contributed by atoms with van der Waals surface area (Å²) in [5, 5.41) is 3.94. The molecule has 1 N–H and O–H groups in total. The van der Waals surface area contributed by atoms with Crippen molar-refractivity contribution in [2.75, 3.05) is 19.0 Å². The molecule has 4 nitrogen and oxygen atoms in total. The molecule has 0 saturated heterocycles. The Morgan fingerprint density at radius 2 is 1.60 bits per heavy atom. The summed E-state index contributed by atoms with van der Waals surface area (Å²) in [4.78, 5) is 16.5. The molecular weight excluding hydrogens is 330 g/mol. The number of nitrogens with zero attached hydrogens (tertiary/aromatic N) is 2. The second-order valence-corrected chi connectivity index (χ2v) is 6.55. The number of carbonyl (C=O) groups excluding carboxylic acids is 1. The van der Waals surface area contributed by atoms with Gasteiger partial charge in [0.05, 0.1) is 11.6 Å². The van der Waals surface area contributed by atoms with E-state index in [-0.39, 0.29) is 11.9 Å². The second-order valence-electron chi connectivity index (χ2n) is 6.16. The molecule has 1 heterocycles. The molecule has 0 bridgehead atoms. The first-order chi connectivity index (χ1) is 12.0. The van der Waals surface area contributed by atoms with Crippen molar-refractivity contribution < 1.29 is 4.79 Å². The van der Waals surface area contributed by atoms with E-state index < -0.39 is 0 Å². The average Bonchev–Trinajstić information content (AvgIpc) is 2.62. The van der Waals surface area contributed by atoms with Gasteiger partial charge < -0.3 is 10.2 Å². The van der Waals surface area contributed by atoms with E-state index in [2.05, 4.69) is 5.32 Å². The molecule has 0 saturated carbocycles. The molecule has 0 fully saturated rings. The van der Waals surface area contributed by atoms with Gasteiger partial charge in [0.15, 0.2) is 5.11 Å². The van der Waals surface area contributed by atoms with E-state index in [9.17, 15) is 4.79 Å². The van der Waals surface area contributed by atoms with Crippen LogP contribution in [0.25, 0.3) is 0 Å². The maximum atomic E-state index is 12.9. The van der Waals surface area contributed by atoms with Gasteiger partial charge in [0.2, 0.25) is 0 Å². The molecule has 1 amide bonds. The summed E-state index contributed by atoms with van der Waals surface area (Å²) in [6, 6.07) is 19.5. The highest BCUT2D eigenvalue weighted by Crippen LogP contribution is 2.34. The minimum absolute atomic E-state index is 0.0257. The standard InChI is InChI=1S/C20H21N3OS/c1-14-17(19(24)22(2)3)18(15-10-6-4-7-11-15)21-20(25)23(14)16-12-8-5-9-13-16/h4-13,18H,1-3H3,(H,21,25)/t18-/m0/s1. The topological polar surface area (TPSA) is 35.6 Å². The van der Waals surface area contributed by atoms with E-state index >= 15 is 0 Å². The Balaban J connectivity index is 2.15. The lowest BCUT2D eigenvalue weighted by Gasteiger charge is -2.38. The van der Waals surface area contributed by atoms with Crippen molar-refractivity contribution in [3.8, 4) is 0 Å². The summed E-state index contributed by atoms with van der Waals surface area (Å²) in [7, 11) is 3.54. The lowest BCUT2D eigenvalue weighted by atomic mass is 9.94. The number of allylic oxidation sites excluding steroid dienone is 1.